The number of aromatic nitrogens is 1. The van der Waals surface area contributed by atoms with E-state index >= 15 is 0 Å². The van der Waals surface area contributed by atoms with E-state index < -0.39 is 5.97 Å². The number of carbonyl (C=O) groups is 1. The molecular weight excluding hydrogens is 384 g/mol. The minimum atomic E-state index is -0.418. The Hall–Kier alpha value is -1.66. The monoisotopic (exact) mass is 404 g/mol. The number of fused-ring (bicyclic) bond motifs is 2. The Morgan fingerprint density at radius 3 is 3.04 bits per heavy atom. The summed E-state index contributed by atoms with van der Waals surface area (Å²) < 4.78 is 11.7. The van der Waals surface area contributed by atoms with Crippen LogP contribution in [0.2, 0.25) is 0 Å². The van der Waals surface area contributed by atoms with Gasteiger partial charge in [-0.05, 0) is 49.9 Å². The highest BCUT2D eigenvalue weighted by atomic mass is 79.9. The highest BCUT2D eigenvalue weighted by molar-refractivity contribution is 9.10. The summed E-state index contributed by atoms with van der Waals surface area (Å²) in [7, 11) is 1.38. The number of methoxy groups -OCH3 is 1. The predicted molar refractivity (Wildman–Crippen MR) is 99.9 cm³/mol. The summed E-state index contributed by atoms with van der Waals surface area (Å²) in [6.07, 6.45) is 4.90. The molecular formula is C19H21BrN2O3. The molecule has 1 aromatic heterocycles. The first-order valence-corrected chi connectivity index (χ1v) is 9.52. The molecule has 2 fully saturated rings. The lowest BCUT2D eigenvalue weighted by Gasteiger charge is -2.34. The molecule has 3 unspecified atom stereocenters. The zero-order chi connectivity index (χ0) is 17.4. The second-order valence-electron chi connectivity index (χ2n) is 6.75. The smallest absolute Gasteiger partial charge is 0.356 e. The molecule has 2 aliphatic rings. The van der Waals surface area contributed by atoms with Crippen molar-refractivity contribution in [1.82, 2.24) is 4.98 Å². The first kappa shape index (κ1) is 16.8. The number of hydrogen-bond donors (Lipinski definition) is 1. The third-order valence-electron chi connectivity index (χ3n) is 5.29. The molecule has 2 aromatic rings. The zero-order valence-corrected chi connectivity index (χ0v) is 15.7. The van der Waals surface area contributed by atoms with E-state index in [-0.39, 0.29) is 0 Å². The summed E-state index contributed by atoms with van der Waals surface area (Å²) in [6.45, 7) is 0.851. The topological polar surface area (TPSA) is 60.5 Å². The van der Waals surface area contributed by atoms with Crippen LogP contribution in [0, 0.1) is 5.92 Å². The van der Waals surface area contributed by atoms with Crippen LogP contribution >= 0.6 is 15.9 Å². The maximum Gasteiger partial charge on any atom is 0.356 e. The van der Waals surface area contributed by atoms with E-state index in [1.54, 1.807) is 6.07 Å². The Morgan fingerprint density at radius 1 is 1.32 bits per heavy atom. The number of esters is 1. The molecule has 5 nitrogen and oxygen atoms in total. The lowest BCUT2D eigenvalue weighted by Crippen LogP contribution is -2.38. The molecule has 4 rings (SSSR count). The quantitative estimate of drug-likeness (QED) is 0.778. The van der Waals surface area contributed by atoms with Crippen molar-refractivity contribution >= 4 is 38.5 Å². The van der Waals surface area contributed by atoms with E-state index in [2.05, 4.69) is 26.2 Å². The third kappa shape index (κ3) is 3.25. The largest absolute Gasteiger partial charge is 0.464 e. The standard InChI is InChI=1S/C19H21BrN2O3/c1-24-19(23)17-10-16(13-9-11(20)5-6-15(13)22-17)21-14-3-2-4-18-12(14)7-8-25-18/h5-6,9-10,12,14,18H,2-4,7-8H2,1H3,(H,21,22). The van der Waals surface area contributed by atoms with Crippen molar-refractivity contribution in [2.45, 2.75) is 37.8 Å². The molecule has 1 aromatic carbocycles. The van der Waals surface area contributed by atoms with Gasteiger partial charge in [-0.25, -0.2) is 9.78 Å². The summed E-state index contributed by atoms with van der Waals surface area (Å²) in [5.41, 5.74) is 2.04. The van der Waals surface area contributed by atoms with Crippen molar-refractivity contribution in [2.24, 2.45) is 5.92 Å². The number of benzene rings is 1. The van der Waals surface area contributed by atoms with Crippen molar-refractivity contribution in [3.63, 3.8) is 0 Å². The van der Waals surface area contributed by atoms with Gasteiger partial charge < -0.3 is 14.8 Å². The molecule has 6 heteroatoms. The average molecular weight is 405 g/mol. The van der Waals surface area contributed by atoms with Crippen LogP contribution in [0.3, 0.4) is 0 Å². The van der Waals surface area contributed by atoms with Crippen molar-refractivity contribution in [3.05, 3.63) is 34.4 Å². The third-order valence-corrected chi connectivity index (χ3v) is 5.78. The van der Waals surface area contributed by atoms with Crippen LogP contribution in [-0.2, 0) is 9.47 Å². The van der Waals surface area contributed by atoms with E-state index in [9.17, 15) is 4.79 Å². The van der Waals surface area contributed by atoms with Crippen molar-refractivity contribution in [1.29, 1.82) is 0 Å². The van der Waals surface area contributed by atoms with Gasteiger partial charge in [-0.3, -0.25) is 0 Å². The second-order valence-corrected chi connectivity index (χ2v) is 7.67. The Bertz CT molecular complexity index is 811. The molecule has 0 amide bonds. The number of halogens is 1. The zero-order valence-electron chi connectivity index (χ0n) is 14.1. The number of nitrogens with zero attached hydrogens (tertiary/aromatic N) is 1. The summed E-state index contributed by atoms with van der Waals surface area (Å²) in [4.78, 5) is 16.5. The summed E-state index contributed by atoms with van der Waals surface area (Å²) >= 11 is 3.53. The van der Waals surface area contributed by atoms with Crippen LogP contribution in [0.1, 0.15) is 36.2 Å². The van der Waals surface area contributed by atoms with Gasteiger partial charge in [0.2, 0.25) is 0 Å². The highest BCUT2D eigenvalue weighted by Crippen LogP contribution is 2.37. The Morgan fingerprint density at radius 2 is 2.20 bits per heavy atom. The fourth-order valence-electron chi connectivity index (χ4n) is 4.08. The number of ether oxygens (including phenoxy) is 2. The van der Waals surface area contributed by atoms with Crippen LogP contribution in [0.5, 0.6) is 0 Å². The van der Waals surface area contributed by atoms with Crippen LogP contribution in [-0.4, -0.2) is 36.8 Å². The van der Waals surface area contributed by atoms with Crippen molar-refractivity contribution in [2.75, 3.05) is 19.0 Å². The molecule has 0 bridgehead atoms. The predicted octanol–water partition coefficient (Wildman–Crippen LogP) is 4.15. The van der Waals surface area contributed by atoms with Crippen molar-refractivity contribution in [3.8, 4) is 0 Å². The van der Waals surface area contributed by atoms with E-state index in [4.69, 9.17) is 9.47 Å². The maximum absolute atomic E-state index is 12.0. The number of rotatable bonds is 3. The molecule has 25 heavy (non-hydrogen) atoms. The fourth-order valence-corrected chi connectivity index (χ4v) is 4.44. The van der Waals surface area contributed by atoms with Gasteiger partial charge in [0.25, 0.3) is 0 Å². The van der Waals surface area contributed by atoms with E-state index in [1.807, 2.05) is 18.2 Å². The van der Waals surface area contributed by atoms with Crippen LogP contribution in [0.4, 0.5) is 5.69 Å². The van der Waals surface area contributed by atoms with Gasteiger partial charge in [-0.2, -0.15) is 0 Å². The molecule has 1 saturated heterocycles. The Kier molecular flexibility index (Phi) is 4.65. The highest BCUT2D eigenvalue weighted by Gasteiger charge is 2.37. The number of carbonyl (C=O) groups excluding carboxylic acids is 1. The normalized spacial score (nSPS) is 25.6. The average Bonchev–Trinajstić information content (AvgIpc) is 3.11. The lowest BCUT2D eigenvalue weighted by atomic mass is 9.81. The number of nitrogens with one attached hydrogen (secondary N) is 1. The van der Waals surface area contributed by atoms with Crippen molar-refractivity contribution < 1.29 is 14.3 Å². The van der Waals surface area contributed by atoms with Gasteiger partial charge in [-0.1, -0.05) is 15.9 Å². The van der Waals surface area contributed by atoms with Gasteiger partial charge in [-0.15, -0.1) is 0 Å². The Labute approximate surface area is 155 Å². The van der Waals surface area contributed by atoms with Crippen LogP contribution in [0.25, 0.3) is 10.9 Å². The molecule has 3 atom stereocenters. The molecule has 1 N–H and O–H groups in total. The molecule has 2 heterocycles. The molecule has 0 radical (unpaired) electrons. The fraction of sp³-hybridized carbons (Fsp3) is 0.474. The van der Waals surface area contributed by atoms with Gasteiger partial charge in [0, 0.05) is 34.1 Å². The van der Waals surface area contributed by atoms with E-state index in [0.29, 0.717) is 23.8 Å². The van der Waals surface area contributed by atoms with Gasteiger partial charge in [0.15, 0.2) is 5.69 Å². The number of hydrogen-bond acceptors (Lipinski definition) is 5. The van der Waals surface area contributed by atoms with E-state index in [1.165, 1.54) is 7.11 Å². The first-order valence-electron chi connectivity index (χ1n) is 8.72. The molecule has 1 aliphatic heterocycles. The minimum Gasteiger partial charge on any atom is -0.464 e. The maximum atomic E-state index is 12.0. The van der Waals surface area contributed by atoms with Gasteiger partial charge >= 0.3 is 5.97 Å². The lowest BCUT2D eigenvalue weighted by molar-refractivity contribution is 0.0593. The number of pyridine rings is 1. The van der Waals surface area contributed by atoms with E-state index in [0.717, 1.165) is 53.4 Å². The summed E-state index contributed by atoms with van der Waals surface area (Å²) in [5.74, 6) is 0.115. The van der Waals surface area contributed by atoms with Crippen LogP contribution < -0.4 is 5.32 Å². The number of anilines is 1. The molecule has 0 spiro atoms. The second kappa shape index (κ2) is 6.92. The minimum absolute atomic E-state index is 0.329. The SMILES string of the molecule is COC(=O)c1cc(NC2CCCC3OCCC23)c2cc(Br)ccc2n1. The first-order chi connectivity index (χ1) is 12.2. The van der Waals surface area contributed by atoms with Gasteiger partial charge in [0.1, 0.15) is 0 Å². The summed E-state index contributed by atoms with van der Waals surface area (Å²) in [5, 5.41) is 4.70. The molecule has 1 saturated carbocycles. The molecule has 132 valence electrons. The molecule has 1 aliphatic carbocycles. The Balaban J connectivity index is 1.73. The van der Waals surface area contributed by atoms with Crippen LogP contribution in [0.15, 0.2) is 28.7 Å². The van der Waals surface area contributed by atoms with Gasteiger partial charge in [0.05, 0.1) is 18.7 Å². The summed E-state index contributed by atoms with van der Waals surface area (Å²) in [6, 6.07) is 8.05.